The highest BCUT2D eigenvalue weighted by atomic mass is 16.5. The highest BCUT2D eigenvalue weighted by Crippen LogP contribution is 2.41. The molecule has 1 saturated heterocycles. The van der Waals surface area contributed by atoms with Crippen molar-refractivity contribution in [3.8, 4) is 5.75 Å². The number of ether oxygens (including phenoxy) is 1. The predicted octanol–water partition coefficient (Wildman–Crippen LogP) is 5.62. The number of hydrogen-bond acceptors (Lipinski definition) is 5. The average Bonchev–Trinajstić information content (AvgIpc) is 3.09. The molecule has 1 aliphatic heterocycles. The number of nitrogens with zero attached hydrogens (tertiary/aromatic N) is 2. The minimum atomic E-state index is -0.803. The van der Waals surface area contributed by atoms with Crippen LogP contribution < -0.4 is 9.64 Å². The Morgan fingerprint density at radius 2 is 1.62 bits per heavy atom. The fourth-order valence-electron chi connectivity index (χ4n) is 4.06. The Kier molecular flexibility index (Phi) is 6.50. The minimum Gasteiger partial charge on any atom is -0.507 e. The van der Waals surface area contributed by atoms with Crippen molar-refractivity contribution in [1.82, 2.24) is 4.98 Å². The summed E-state index contributed by atoms with van der Waals surface area (Å²) in [6, 6.07) is 19.0. The molecule has 2 heterocycles. The fourth-order valence-corrected chi connectivity index (χ4v) is 4.06. The Balaban J connectivity index is 1.85. The van der Waals surface area contributed by atoms with Crippen LogP contribution in [0.3, 0.4) is 0 Å². The van der Waals surface area contributed by atoms with Gasteiger partial charge in [0.2, 0.25) is 0 Å². The van der Waals surface area contributed by atoms with E-state index in [1.165, 1.54) is 4.90 Å². The van der Waals surface area contributed by atoms with Crippen LogP contribution in [0, 0.1) is 0 Å². The molecule has 1 atom stereocenters. The van der Waals surface area contributed by atoms with Crippen molar-refractivity contribution in [2.45, 2.75) is 45.8 Å². The summed E-state index contributed by atoms with van der Waals surface area (Å²) in [6.07, 6.45) is 1.58. The number of amides is 1. The molecule has 0 radical (unpaired) electrons. The van der Waals surface area contributed by atoms with Crippen molar-refractivity contribution in [3.05, 3.63) is 95.2 Å². The van der Waals surface area contributed by atoms with E-state index < -0.39 is 17.7 Å². The van der Waals surface area contributed by atoms with Gasteiger partial charge in [-0.1, -0.05) is 44.2 Å². The summed E-state index contributed by atoms with van der Waals surface area (Å²) in [5.41, 5.74) is 2.32. The molecule has 6 heteroatoms. The Labute approximate surface area is 199 Å². The van der Waals surface area contributed by atoms with Gasteiger partial charge in [0.05, 0.1) is 17.7 Å². The van der Waals surface area contributed by atoms with E-state index in [2.05, 4.69) is 18.8 Å². The standard InChI is InChI=1S/C28H28N2O4/c1-17(2)19-8-10-20(11-9-19)25-24(26(31)21-12-14-22(15-13-21)34-18(3)4)27(32)28(33)30(25)23-7-5-6-16-29-23/h5-18,25,31H,1-4H3/t25-/m0/s1. The maximum Gasteiger partial charge on any atom is 0.301 e. The van der Waals surface area contributed by atoms with Gasteiger partial charge >= 0.3 is 5.91 Å². The summed E-state index contributed by atoms with van der Waals surface area (Å²) < 4.78 is 5.67. The van der Waals surface area contributed by atoms with Crippen LogP contribution in [0.2, 0.25) is 0 Å². The topological polar surface area (TPSA) is 79.7 Å². The van der Waals surface area contributed by atoms with E-state index in [9.17, 15) is 14.7 Å². The Bertz CT molecular complexity index is 1210. The van der Waals surface area contributed by atoms with Crippen LogP contribution in [0.5, 0.6) is 5.75 Å². The van der Waals surface area contributed by atoms with E-state index >= 15 is 0 Å². The van der Waals surface area contributed by atoms with Gasteiger partial charge in [0.1, 0.15) is 17.3 Å². The third-order valence-corrected chi connectivity index (χ3v) is 5.76. The first-order valence-electron chi connectivity index (χ1n) is 11.4. The van der Waals surface area contributed by atoms with Gasteiger partial charge in [0, 0.05) is 11.8 Å². The van der Waals surface area contributed by atoms with E-state index in [-0.39, 0.29) is 17.4 Å². The largest absolute Gasteiger partial charge is 0.507 e. The molecule has 1 fully saturated rings. The average molecular weight is 457 g/mol. The van der Waals surface area contributed by atoms with Crippen LogP contribution in [0.25, 0.3) is 5.76 Å². The number of hydrogen-bond donors (Lipinski definition) is 1. The zero-order valence-corrected chi connectivity index (χ0v) is 19.7. The Hall–Kier alpha value is -3.93. The lowest BCUT2D eigenvalue weighted by Gasteiger charge is -2.24. The van der Waals surface area contributed by atoms with Crippen LogP contribution in [0.4, 0.5) is 5.82 Å². The first kappa shape index (κ1) is 23.2. The number of carbonyl (C=O) groups excluding carboxylic acids is 2. The van der Waals surface area contributed by atoms with Gasteiger partial charge < -0.3 is 9.84 Å². The van der Waals surface area contributed by atoms with Gasteiger partial charge in [0.15, 0.2) is 0 Å². The number of rotatable bonds is 6. The van der Waals surface area contributed by atoms with Crippen LogP contribution in [-0.2, 0) is 9.59 Å². The SMILES string of the molecule is CC(C)Oc1ccc(C(O)=C2C(=O)C(=O)N(c3ccccn3)[C@H]2c2ccc(C(C)C)cc2)cc1. The monoisotopic (exact) mass is 456 g/mol. The molecule has 3 aromatic rings. The molecule has 174 valence electrons. The number of Topliss-reactive ketones (excluding diaryl/α,β-unsaturated/α-hetero) is 1. The fraction of sp³-hybridized carbons (Fsp3) is 0.250. The molecule has 1 N–H and O–H groups in total. The lowest BCUT2D eigenvalue weighted by Crippen LogP contribution is -2.30. The molecule has 0 saturated carbocycles. The molecular weight excluding hydrogens is 428 g/mol. The van der Waals surface area contributed by atoms with E-state index in [1.807, 2.05) is 38.1 Å². The second-order valence-corrected chi connectivity index (χ2v) is 8.87. The van der Waals surface area contributed by atoms with Crippen LogP contribution >= 0.6 is 0 Å². The molecule has 6 nitrogen and oxygen atoms in total. The summed E-state index contributed by atoms with van der Waals surface area (Å²) in [6.45, 7) is 8.05. The summed E-state index contributed by atoms with van der Waals surface area (Å²) >= 11 is 0. The van der Waals surface area contributed by atoms with Crippen LogP contribution in [0.15, 0.2) is 78.5 Å². The molecule has 0 unspecified atom stereocenters. The summed E-state index contributed by atoms with van der Waals surface area (Å²) in [5, 5.41) is 11.2. The molecule has 0 aliphatic carbocycles. The van der Waals surface area contributed by atoms with Gasteiger partial charge in [-0.15, -0.1) is 0 Å². The zero-order chi connectivity index (χ0) is 24.4. The van der Waals surface area contributed by atoms with Gasteiger partial charge in [-0.2, -0.15) is 0 Å². The Morgan fingerprint density at radius 1 is 0.941 bits per heavy atom. The highest BCUT2D eigenvalue weighted by Gasteiger charge is 2.47. The van der Waals surface area contributed by atoms with Crippen molar-refractivity contribution in [2.75, 3.05) is 4.90 Å². The second-order valence-electron chi connectivity index (χ2n) is 8.87. The van der Waals surface area contributed by atoms with Gasteiger partial charge in [-0.25, -0.2) is 4.98 Å². The molecule has 0 spiro atoms. The van der Waals surface area contributed by atoms with Crippen LogP contribution in [-0.4, -0.2) is 27.9 Å². The predicted molar refractivity (Wildman–Crippen MR) is 132 cm³/mol. The molecule has 34 heavy (non-hydrogen) atoms. The number of pyridine rings is 1. The van der Waals surface area contributed by atoms with E-state index in [1.54, 1.807) is 48.7 Å². The quantitative estimate of drug-likeness (QED) is 0.296. The minimum absolute atomic E-state index is 0.0111. The van der Waals surface area contributed by atoms with Crippen LogP contribution in [0.1, 0.15) is 56.3 Å². The number of ketones is 1. The van der Waals surface area contributed by atoms with E-state index in [0.717, 1.165) is 11.1 Å². The number of benzene rings is 2. The summed E-state index contributed by atoms with van der Waals surface area (Å²) in [4.78, 5) is 32.0. The van der Waals surface area contributed by atoms with Gasteiger partial charge in [-0.05, 0) is 67.3 Å². The molecule has 0 bridgehead atoms. The lowest BCUT2D eigenvalue weighted by atomic mass is 9.93. The summed E-state index contributed by atoms with van der Waals surface area (Å²) in [7, 11) is 0. The van der Waals surface area contributed by atoms with Crippen molar-refractivity contribution in [3.63, 3.8) is 0 Å². The van der Waals surface area contributed by atoms with Crippen molar-refractivity contribution < 1.29 is 19.4 Å². The third-order valence-electron chi connectivity index (χ3n) is 5.76. The summed E-state index contributed by atoms with van der Waals surface area (Å²) in [5.74, 6) is -0.362. The number of aromatic nitrogens is 1. The van der Waals surface area contributed by atoms with Crippen molar-refractivity contribution in [1.29, 1.82) is 0 Å². The zero-order valence-electron chi connectivity index (χ0n) is 19.7. The third kappa shape index (κ3) is 4.44. The number of aliphatic hydroxyl groups is 1. The first-order chi connectivity index (χ1) is 16.3. The molecular formula is C28H28N2O4. The molecule has 1 aliphatic rings. The van der Waals surface area contributed by atoms with E-state index in [0.29, 0.717) is 23.0 Å². The Morgan fingerprint density at radius 3 is 2.18 bits per heavy atom. The molecule has 1 aromatic heterocycles. The van der Waals surface area contributed by atoms with Crippen molar-refractivity contribution in [2.24, 2.45) is 0 Å². The van der Waals surface area contributed by atoms with Crippen molar-refractivity contribution >= 4 is 23.3 Å². The number of carbonyl (C=O) groups is 2. The smallest absolute Gasteiger partial charge is 0.301 e. The molecule has 4 rings (SSSR count). The maximum absolute atomic E-state index is 13.2. The highest BCUT2D eigenvalue weighted by molar-refractivity contribution is 6.51. The molecule has 1 amide bonds. The van der Waals surface area contributed by atoms with E-state index in [4.69, 9.17) is 4.74 Å². The molecule has 2 aromatic carbocycles. The van der Waals surface area contributed by atoms with Gasteiger partial charge in [-0.3, -0.25) is 14.5 Å². The number of anilines is 1. The van der Waals surface area contributed by atoms with Gasteiger partial charge in [0.25, 0.3) is 5.78 Å². The maximum atomic E-state index is 13.2. The normalized spacial score (nSPS) is 17.6. The number of aliphatic hydroxyl groups excluding tert-OH is 1. The first-order valence-corrected chi connectivity index (χ1v) is 11.4. The second kappa shape index (κ2) is 9.51. The lowest BCUT2D eigenvalue weighted by molar-refractivity contribution is -0.132.